The van der Waals surface area contributed by atoms with E-state index in [1.54, 1.807) is 0 Å². The second-order valence-electron chi connectivity index (χ2n) is 3.41. The fourth-order valence-corrected chi connectivity index (χ4v) is 1.24. The highest BCUT2D eigenvalue weighted by Crippen LogP contribution is 2.12. The van der Waals surface area contributed by atoms with E-state index >= 15 is 0 Å². The summed E-state index contributed by atoms with van der Waals surface area (Å²) >= 11 is 0. The number of nitrogens with one attached hydrogen (secondary N) is 1. The van der Waals surface area contributed by atoms with Crippen molar-refractivity contribution in [3.8, 4) is 5.75 Å². The monoisotopic (exact) mass is 205 g/mol. The van der Waals surface area contributed by atoms with Crippen molar-refractivity contribution in [3.05, 3.63) is 42.5 Å². The van der Waals surface area contributed by atoms with Crippen LogP contribution in [0.1, 0.15) is 18.9 Å². The highest BCUT2D eigenvalue weighted by molar-refractivity contribution is 5.27. The molecule has 0 amide bonds. The number of benzene rings is 1. The Bertz CT molecular complexity index is 279. The molecular formula is C13H19NO. The second-order valence-corrected chi connectivity index (χ2v) is 3.41. The van der Waals surface area contributed by atoms with Crippen molar-refractivity contribution in [3.63, 3.8) is 0 Å². The summed E-state index contributed by atoms with van der Waals surface area (Å²) in [6, 6.07) is 8.20. The number of hydrogen-bond donors (Lipinski definition) is 1. The van der Waals surface area contributed by atoms with E-state index in [4.69, 9.17) is 4.74 Å². The van der Waals surface area contributed by atoms with Gasteiger partial charge in [0, 0.05) is 13.1 Å². The quantitative estimate of drug-likeness (QED) is 0.546. The van der Waals surface area contributed by atoms with E-state index in [1.165, 1.54) is 5.56 Å². The lowest BCUT2D eigenvalue weighted by atomic mass is 10.2. The average molecular weight is 205 g/mol. The molecular weight excluding hydrogens is 186 g/mol. The molecule has 1 aromatic rings. The molecule has 15 heavy (non-hydrogen) atoms. The molecule has 82 valence electrons. The summed E-state index contributed by atoms with van der Waals surface area (Å²) in [6.07, 6.45) is 2.90. The van der Waals surface area contributed by atoms with Crippen LogP contribution in [0.4, 0.5) is 0 Å². The Morgan fingerprint density at radius 3 is 2.67 bits per heavy atom. The van der Waals surface area contributed by atoms with Crippen molar-refractivity contribution in [2.75, 3.05) is 13.2 Å². The van der Waals surface area contributed by atoms with Gasteiger partial charge >= 0.3 is 0 Å². The maximum absolute atomic E-state index is 5.50. The fourth-order valence-electron chi connectivity index (χ4n) is 1.24. The average Bonchev–Trinajstić information content (AvgIpc) is 2.28. The van der Waals surface area contributed by atoms with Gasteiger partial charge in [0.2, 0.25) is 0 Å². The summed E-state index contributed by atoms with van der Waals surface area (Å²) in [7, 11) is 0. The van der Waals surface area contributed by atoms with Crippen molar-refractivity contribution in [2.45, 2.75) is 19.9 Å². The molecule has 0 aliphatic rings. The largest absolute Gasteiger partial charge is 0.494 e. The number of rotatable bonds is 7. The minimum Gasteiger partial charge on any atom is -0.494 e. The van der Waals surface area contributed by atoms with Crippen LogP contribution in [-0.4, -0.2) is 13.2 Å². The summed E-state index contributed by atoms with van der Waals surface area (Å²) in [5.74, 6) is 0.948. The van der Waals surface area contributed by atoms with Crippen molar-refractivity contribution in [1.82, 2.24) is 5.32 Å². The standard InChI is InChI=1S/C13H19NO/c1-3-9-14-11-12-5-7-13(8-6-12)15-10-4-2/h3,5-8,14H,1,4,9-11H2,2H3. The van der Waals surface area contributed by atoms with Gasteiger partial charge in [0.15, 0.2) is 0 Å². The first-order valence-corrected chi connectivity index (χ1v) is 5.40. The summed E-state index contributed by atoms with van der Waals surface area (Å²) in [5, 5.41) is 3.26. The molecule has 0 heterocycles. The summed E-state index contributed by atoms with van der Waals surface area (Å²) in [6.45, 7) is 8.26. The SMILES string of the molecule is C=CCNCc1ccc(OCCC)cc1. The van der Waals surface area contributed by atoms with Gasteiger partial charge in [0.1, 0.15) is 5.75 Å². The van der Waals surface area contributed by atoms with Crippen LogP contribution in [0.5, 0.6) is 5.75 Å². The fraction of sp³-hybridized carbons (Fsp3) is 0.385. The van der Waals surface area contributed by atoms with Crippen LogP contribution < -0.4 is 10.1 Å². The molecule has 0 unspecified atom stereocenters. The lowest BCUT2D eigenvalue weighted by Crippen LogP contribution is -2.12. The first-order chi connectivity index (χ1) is 7.36. The van der Waals surface area contributed by atoms with E-state index in [1.807, 2.05) is 18.2 Å². The predicted molar refractivity (Wildman–Crippen MR) is 64.1 cm³/mol. The molecule has 0 atom stereocenters. The smallest absolute Gasteiger partial charge is 0.119 e. The van der Waals surface area contributed by atoms with Crippen molar-refractivity contribution >= 4 is 0 Å². The first-order valence-electron chi connectivity index (χ1n) is 5.40. The molecule has 2 heteroatoms. The number of hydrogen-bond acceptors (Lipinski definition) is 2. The van der Waals surface area contributed by atoms with Crippen LogP contribution in [0.3, 0.4) is 0 Å². The van der Waals surface area contributed by atoms with Crippen LogP contribution in [0.15, 0.2) is 36.9 Å². The molecule has 1 rings (SSSR count). The molecule has 0 aliphatic heterocycles. The molecule has 2 nitrogen and oxygen atoms in total. The topological polar surface area (TPSA) is 21.3 Å². The van der Waals surface area contributed by atoms with Gasteiger partial charge in [-0.15, -0.1) is 6.58 Å². The molecule has 0 aliphatic carbocycles. The zero-order valence-corrected chi connectivity index (χ0v) is 9.33. The van der Waals surface area contributed by atoms with Gasteiger partial charge in [0.05, 0.1) is 6.61 Å². The third-order valence-corrected chi connectivity index (χ3v) is 2.01. The van der Waals surface area contributed by atoms with Gasteiger partial charge < -0.3 is 10.1 Å². The van der Waals surface area contributed by atoms with Gasteiger partial charge in [-0.05, 0) is 24.1 Å². The third kappa shape index (κ3) is 4.66. The van der Waals surface area contributed by atoms with Gasteiger partial charge in [-0.2, -0.15) is 0 Å². The molecule has 0 spiro atoms. The molecule has 0 radical (unpaired) electrons. The van der Waals surface area contributed by atoms with Crippen molar-refractivity contribution in [2.24, 2.45) is 0 Å². The van der Waals surface area contributed by atoms with Gasteiger partial charge in [-0.25, -0.2) is 0 Å². The predicted octanol–water partition coefficient (Wildman–Crippen LogP) is 2.75. The Hall–Kier alpha value is -1.28. The van der Waals surface area contributed by atoms with Crippen LogP contribution in [0, 0.1) is 0 Å². The summed E-state index contributed by atoms with van der Waals surface area (Å²) in [4.78, 5) is 0. The highest BCUT2D eigenvalue weighted by Gasteiger charge is 1.94. The molecule has 0 bridgehead atoms. The second kappa shape index (κ2) is 7.07. The minimum atomic E-state index is 0.786. The lowest BCUT2D eigenvalue weighted by Gasteiger charge is -2.06. The van der Waals surface area contributed by atoms with Gasteiger partial charge in [-0.3, -0.25) is 0 Å². The van der Waals surface area contributed by atoms with Crippen LogP contribution in [0.25, 0.3) is 0 Å². The molecule has 0 aromatic heterocycles. The molecule has 0 saturated carbocycles. The van der Waals surface area contributed by atoms with E-state index in [0.29, 0.717) is 0 Å². The van der Waals surface area contributed by atoms with E-state index < -0.39 is 0 Å². The molecule has 0 fully saturated rings. The zero-order chi connectivity index (χ0) is 10.9. The van der Waals surface area contributed by atoms with Gasteiger partial charge in [0.25, 0.3) is 0 Å². The Balaban J connectivity index is 2.38. The molecule has 1 N–H and O–H groups in total. The van der Waals surface area contributed by atoms with Crippen LogP contribution >= 0.6 is 0 Å². The van der Waals surface area contributed by atoms with E-state index in [-0.39, 0.29) is 0 Å². The van der Waals surface area contributed by atoms with Gasteiger partial charge in [-0.1, -0.05) is 25.1 Å². The Kier molecular flexibility index (Phi) is 5.56. The third-order valence-electron chi connectivity index (χ3n) is 2.01. The Morgan fingerprint density at radius 1 is 1.33 bits per heavy atom. The maximum Gasteiger partial charge on any atom is 0.119 e. The molecule has 0 saturated heterocycles. The van der Waals surface area contributed by atoms with Crippen LogP contribution in [-0.2, 0) is 6.54 Å². The van der Waals surface area contributed by atoms with E-state index in [0.717, 1.165) is 31.9 Å². The van der Waals surface area contributed by atoms with Crippen molar-refractivity contribution < 1.29 is 4.74 Å². The highest BCUT2D eigenvalue weighted by atomic mass is 16.5. The first kappa shape index (κ1) is 11.8. The van der Waals surface area contributed by atoms with E-state index in [2.05, 4.69) is 31.0 Å². The minimum absolute atomic E-state index is 0.786. The van der Waals surface area contributed by atoms with E-state index in [9.17, 15) is 0 Å². The van der Waals surface area contributed by atoms with Crippen LogP contribution in [0.2, 0.25) is 0 Å². The summed E-state index contributed by atoms with van der Waals surface area (Å²) in [5.41, 5.74) is 1.26. The normalized spacial score (nSPS) is 9.93. The number of ether oxygens (including phenoxy) is 1. The van der Waals surface area contributed by atoms with Crippen molar-refractivity contribution in [1.29, 1.82) is 0 Å². The zero-order valence-electron chi connectivity index (χ0n) is 9.33. The maximum atomic E-state index is 5.50. The summed E-state index contributed by atoms with van der Waals surface area (Å²) < 4.78 is 5.50. The molecule has 1 aromatic carbocycles. The Morgan fingerprint density at radius 2 is 2.07 bits per heavy atom. The Labute approximate surface area is 92.0 Å². The lowest BCUT2D eigenvalue weighted by molar-refractivity contribution is 0.317.